The number of rotatable bonds is 3. The summed E-state index contributed by atoms with van der Waals surface area (Å²) in [4.78, 5) is 22.7. The molecule has 0 aliphatic rings. The Kier molecular flexibility index (Phi) is 6.15. The molecule has 0 saturated heterocycles. The Morgan fingerprint density at radius 3 is 1.95 bits per heavy atom. The van der Waals surface area contributed by atoms with Crippen molar-refractivity contribution in [3.05, 3.63) is 64.7 Å². The maximum absolute atomic E-state index is 12.5. The topological polar surface area (TPSA) is 54.4 Å². The molecular weight excluding hydrogens is 294 g/mol. The summed E-state index contributed by atoms with van der Waals surface area (Å²) in [6, 6.07) is 11.8. The van der Waals surface area contributed by atoms with Crippen molar-refractivity contribution in [1.29, 1.82) is 0 Å². The van der Waals surface area contributed by atoms with Crippen molar-refractivity contribution in [2.75, 3.05) is 0 Å². The van der Waals surface area contributed by atoms with Crippen LogP contribution in [0.5, 0.6) is 0 Å². The summed E-state index contributed by atoms with van der Waals surface area (Å²) in [6.45, 7) is 5.51. The van der Waals surface area contributed by atoms with Gasteiger partial charge in [0.2, 0.25) is 0 Å². The quantitative estimate of drug-likeness (QED) is 0.700. The van der Waals surface area contributed by atoms with Crippen LogP contribution in [0.4, 0.5) is 0 Å². The maximum atomic E-state index is 12.5. The molecule has 0 heterocycles. The fourth-order valence-electron chi connectivity index (χ4n) is 2.42. The van der Waals surface area contributed by atoms with Crippen LogP contribution < -0.4 is 5.30 Å². The molecule has 2 rings (SSSR count). The van der Waals surface area contributed by atoms with E-state index in [9.17, 15) is 14.3 Å². The standard InChI is InChI=1S/C16H17O3P.Na.H/c1-11-9-12(2)15(13(3)10-11)16(17)20(18,19)14-7-5-4-6-8-14;;/h4-10H,1-3H3,(H,18,19);;. The zero-order chi connectivity index (χ0) is 14.9. The number of hydrogen-bond acceptors (Lipinski definition) is 2. The summed E-state index contributed by atoms with van der Waals surface area (Å²) in [7, 11) is -4.07. The van der Waals surface area contributed by atoms with E-state index in [0.717, 1.165) is 16.7 Å². The molecule has 106 valence electrons. The molecule has 0 saturated carbocycles. The van der Waals surface area contributed by atoms with E-state index >= 15 is 0 Å². The number of benzene rings is 2. The van der Waals surface area contributed by atoms with Crippen molar-refractivity contribution < 1.29 is 14.3 Å². The van der Waals surface area contributed by atoms with Gasteiger partial charge in [0.15, 0.2) is 0 Å². The van der Waals surface area contributed by atoms with Crippen molar-refractivity contribution in [1.82, 2.24) is 0 Å². The third kappa shape index (κ3) is 3.74. The van der Waals surface area contributed by atoms with Crippen molar-refractivity contribution in [3.8, 4) is 0 Å². The molecule has 0 aliphatic carbocycles. The zero-order valence-corrected chi connectivity index (χ0v) is 12.6. The Labute approximate surface area is 147 Å². The van der Waals surface area contributed by atoms with Gasteiger partial charge in [-0.3, -0.25) is 9.36 Å². The van der Waals surface area contributed by atoms with Gasteiger partial charge in [-0.15, -0.1) is 0 Å². The predicted octanol–water partition coefficient (Wildman–Crippen LogP) is 2.70. The van der Waals surface area contributed by atoms with E-state index in [2.05, 4.69) is 0 Å². The molecule has 2 aromatic carbocycles. The van der Waals surface area contributed by atoms with Gasteiger partial charge in [0.05, 0.1) is 0 Å². The minimum atomic E-state index is -4.07. The van der Waals surface area contributed by atoms with Crippen LogP contribution in [0.2, 0.25) is 0 Å². The van der Waals surface area contributed by atoms with Gasteiger partial charge in [0.25, 0.3) is 12.9 Å². The molecule has 2 aromatic rings. The van der Waals surface area contributed by atoms with Crippen LogP contribution >= 0.6 is 7.37 Å². The van der Waals surface area contributed by atoms with Gasteiger partial charge in [-0.1, -0.05) is 35.9 Å². The second-order valence-electron chi connectivity index (χ2n) is 4.99. The summed E-state index contributed by atoms with van der Waals surface area (Å²) in [5.41, 5.74) is 2.16. The van der Waals surface area contributed by atoms with E-state index in [0.29, 0.717) is 5.56 Å². The normalized spacial score (nSPS) is 13.1. The first kappa shape index (κ1) is 18.3. The first-order chi connectivity index (χ1) is 9.34. The van der Waals surface area contributed by atoms with E-state index in [4.69, 9.17) is 0 Å². The number of hydrogen-bond donors (Lipinski definition) is 1. The average molecular weight is 312 g/mol. The molecule has 3 nitrogen and oxygen atoms in total. The van der Waals surface area contributed by atoms with Crippen LogP contribution in [0.15, 0.2) is 42.5 Å². The fourth-order valence-corrected chi connectivity index (χ4v) is 3.88. The Balaban J connectivity index is 0.00000220. The SMILES string of the molecule is Cc1cc(C)c(C(=O)P(=O)(O)c2ccccc2)c(C)c1.[NaH]. The van der Waals surface area contributed by atoms with Gasteiger partial charge in [-0.2, -0.15) is 0 Å². The van der Waals surface area contributed by atoms with Crippen molar-refractivity contribution in [2.24, 2.45) is 0 Å². The minimum absolute atomic E-state index is 0. The molecular formula is C16H18NaO3P. The third-order valence-corrected chi connectivity index (χ3v) is 5.04. The number of carbonyl (C=O) groups is 1. The Morgan fingerprint density at radius 2 is 1.48 bits per heavy atom. The molecule has 0 spiro atoms. The van der Waals surface area contributed by atoms with E-state index in [1.807, 2.05) is 19.1 Å². The van der Waals surface area contributed by atoms with E-state index < -0.39 is 12.9 Å². The second kappa shape index (κ2) is 7.04. The van der Waals surface area contributed by atoms with Crippen molar-refractivity contribution >= 4 is 47.8 Å². The average Bonchev–Trinajstić information content (AvgIpc) is 2.38. The molecule has 21 heavy (non-hydrogen) atoms. The van der Waals surface area contributed by atoms with Gasteiger partial charge < -0.3 is 4.89 Å². The van der Waals surface area contributed by atoms with E-state index in [-0.39, 0.29) is 34.9 Å². The van der Waals surface area contributed by atoms with Crippen molar-refractivity contribution in [2.45, 2.75) is 20.8 Å². The van der Waals surface area contributed by atoms with Crippen molar-refractivity contribution in [3.63, 3.8) is 0 Å². The van der Waals surface area contributed by atoms with Crippen LogP contribution in [0.3, 0.4) is 0 Å². The molecule has 0 bridgehead atoms. The molecule has 0 aromatic heterocycles. The molecule has 0 radical (unpaired) electrons. The number of aryl methyl sites for hydroxylation is 3. The van der Waals surface area contributed by atoms with Gasteiger partial charge >= 0.3 is 29.6 Å². The summed E-state index contributed by atoms with van der Waals surface area (Å²) >= 11 is 0. The number of carbonyl (C=O) groups excluding carboxylic acids is 1. The first-order valence-corrected chi connectivity index (χ1v) is 8.01. The first-order valence-electron chi connectivity index (χ1n) is 6.35. The molecule has 0 amide bonds. The molecule has 0 aliphatic heterocycles. The van der Waals surface area contributed by atoms with Crippen LogP contribution in [0.25, 0.3) is 0 Å². The molecule has 5 heteroatoms. The van der Waals surface area contributed by atoms with Crippen LogP contribution in [0.1, 0.15) is 27.0 Å². The summed E-state index contributed by atoms with van der Waals surface area (Å²) < 4.78 is 12.5. The van der Waals surface area contributed by atoms with Gasteiger partial charge in [-0.05, 0) is 44.0 Å². The van der Waals surface area contributed by atoms with Crippen LogP contribution in [-0.2, 0) is 4.57 Å². The van der Waals surface area contributed by atoms with E-state index in [1.165, 1.54) is 12.1 Å². The van der Waals surface area contributed by atoms with Gasteiger partial charge in [-0.25, -0.2) is 0 Å². The Hall–Kier alpha value is -0.700. The molecule has 1 atom stereocenters. The Bertz CT molecular complexity index is 688. The summed E-state index contributed by atoms with van der Waals surface area (Å²) in [5.74, 6) is 0. The summed E-state index contributed by atoms with van der Waals surface area (Å²) in [6.07, 6.45) is 0. The fraction of sp³-hybridized carbons (Fsp3) is 0.188. The van der Waals surface area contributed by atoms with Gasteiger partial charge in [0.1, 0.15) is 0 Å². The van der Waals surface area contributed by atoms with Gasteiger partial charge in [0, 0.05) is 10.9 Å². The monoisotopic (exact) mass is 312 g/mol. The molecule has 1 unspecified atom stereocenters. The van der Waals surface area contributed by atoms with Crippen LogP contribution in [-0.4, -0.2) is 40.0 Å². The zero-order valence-electron chi connectivity index (χ0n) is 11.8. The van der Waals surface area contributed by atoms with Crippen LogP contribution in [0, 0.1) is 20.8 Å². The molecule has 1 N–H and O–H groups in total. The second-order valence-corrected chi connectivity index (χ2v) is 7.07. The van der Waals surface area contributed by atoms with E-state index in [1.54, 1.807) is 32.0 Å². The molecule has 0 fully saturated rings. The Morgan fingerprint density at radius 1 is 1.00 bits per heavy atom. The summed E-state index contributed by atoms with van der Waals surface area (Å²) in [5, 5.41) is 0.171. The predicted molar refractivity (Wildman–Crippen MR) is 88.0 cm³/mol. The third-order valence-electron chi connectivity index (χ3n) is 3.27.